The summed E-state index contributed by atoms with van der Waals surface area (Å²) in [6.45, 7) is 5.67. The van der Waals surface area contributed by atoms with Gasteiger partial charge in [0.15, 0.2) is 5.76 Å². The van der Waals surface area contributed by atoms with Crippen molar-refractivity contribution in [1.82, 2.24) is 19.9 Å². The van der Waals surface area contributed by atoms with Crippen LogP contribution in [-0.2, 0) is 6.54 Å². The molecule has 1 aromatic carbocycles. The van der Waals surface area contributed by atoms with Crippen LogP contribution in [0.2, 0.25) is 0 Å². The van der Waals surface area contributed by atoms with Gasteiger partial charge in [-0.05, 0) is 57.5 Å². The Balaban J connectivity index is 1.42. The molecule has 1 aliphatic heterocycles. The van der Waals surface area contributed by atoms with Crippen molar-refractivity contribution < 1.29 is 8.83 Å². The van der Waals surface area contributed by atoms with E-state index < -0.39 is 0 Å². The topological polar surface area (TPSA) is 71.1 Å². The Bertz CT molecular complexity index is 1070. The van der Waals surface area contributed by atoms with Gasteiger partial charge < -0.3 is 13.8 Å². The number of aryl methyl sites for hydroxylation is 2. The molecular weight excluding hydrogens is 352 g/mol. The van der Waals surface area contributed by atoms with E-state index in [1.54, 1.807) is 0 Å². The number of furan rings is 1. The maximum absolute atomic E-state index is 5.89. The summed E-state index contributed by atoms with van der Waals surface area (Å²) in [7, 11) is 0. The molecule has 0 bridgehead atoms. The number of hydrogen-bond acceptors (Lipinski definition) is 5. The highest BCUT2D eigenvalue weighted by Crippen LogP contribution is 2.33. The van der Waals surface area contributed by atoms with Gasteiger partial charge in [-0.25, -0.2) is 9.97 Å². The molecule has 4 aromatic rings. The first-order chi connectivity index (χ1) is 13.7. The first-order valence-electron chi connectivity index (χ1n) is 9.89. The van der Waals surface area contributed by atoms with Crippen molar-refractivity contribution in [2.24, 2.45) is 0 Å². The number of aromatic amines is 1. The molecule has 0 amide bonds. The van der Waals surface area contributed by atoms with Crippen molar-refractivity contribution in [1.29, 1.82) is 0 Å². The van der Waals surface area contributed by atoms with Crippen LogP contribution in [0.15, 0.2) is 45.2 Å². The van der Waals surface area contributed by atoms with Crippen LogP contribution in [0.3, 0.4) is 0 Å². The van der Waals surface area contributed by atoms with Crippen LogP contribution in [-0.4, -0.2) is 26.4 Å². The number of likely N-dealkylation sites (tertiary alicyclic amines) is 1. The van der Waals surface area contributed by atoms with Crippen molar-refractivity contribution in [3.8, 4) is 11.7 Å². The molecule has 3 aromatic heterocycles. The molecule has 0 saturated carbocycles. The second kappa shape index (κ2) is 6.95. The predicted octanol–water partition coefficient (Wildman–Crippen LogP) is 5.15. The highest BCUT2D eigenvalue weighted by Gasteiger charge is 2.28. The minimum Gasteiger partial charge on any atom is -0.456 e. The number of nitrogens with one attached hydrogen (secondary N) is 1. The summed E-state index contributed by atoms with van der Waals surface area (Å²) in [5.74, 6) is 3.98. The van der Waals surface area contributed by atoms with Gasteiger partial charge in [-0.2, -0.15) is 0 Å². The Morgan fingerprint density at radius 2 is 1.96 bits per heavy atom. The average molecular weight is 376 g/mol. The average Bonchev–Trinajstić information content (AvgIpc) is 3.41. The lowest BCUT2D eigenvalue weighted by atomic mass is 10.0. The van der Waals surface area contributed by atoms with E-state index in [2.05, 4.69) is 22.0 Å². The molecule has 4 heterocycles. The van der Waals surface area contributed by atoms with E-state index in [-0.39, 0.29) is 6.04 Å². The largest absolute Gasteiger partial charge is 0.456 e. The number of fused-ring (bicyclic) bond motifs is 1. The molecule has 1 N–H and O–H groups in total. The molecule has 28 heavy (non-hydrogen) atoms. The molecule has 5 rings (SSSR count). The fourth-order valence-electron chi connectivity index (χ4n) is 4.04. The lowest BCUT2D eigenvalue weighted by molar-refractivity contribution is 0.132. The summed E-state index contributed by atoms with van der Waals surface area (Å²) in [5.41, 5.74) is 3.08. The number of benzene rings is 1. The van der Waals surface area contributed by atoms with Crippen LogP contribution >= 0.6 is 0 Å². The predicted molar refractivity (Wildman–Crippen MR) is 107 cm³/mol. The highest BCUT2D eigenvalue weighted by atomic mass is 16.4. The number of H-pyrrole nitrogens is 1. The first-order valence-corrected chi connectivity index (χ1v) is 9.89. The third-order valence-corrected chi connectivity index (χ3v) is 5.53. The monoisotopic (exact) mass is 376 g/mol. The summed E-state index contributed by atoms with van der Waals surface area (Å²) < 4.78 is 11.6. The standard InChI is InChI=1S/C22H24N4O2/c1-14-10-11-20(27-14)22-25-18(15(2)28-22)13-26-12-6-5-9-19(26)21-23-16-7-3-4-8-17(16)24-21/h3-4,7-8,10-11,19H,5-6,9,12-13H2,1-2H3,(H,23,24)/t19-/m0/s1. The van der Waals surface area contributed by atoms with Gasteiger partial charge in [0.2, 0.25) is 0 Å². The van der Waals surface area contributed by atoms with E-state index in [0.717, 1.165) is 53.6 Å². The van der Waals surface area contributed by atoms with E-state index in [9.17, 15) is 0 Å². The van der Waals surface area contributed by atoms with E-state index in [1.807, 2.05) is 38.1 Å². The number of oxazole rings is 1. The van der Waals surface area contributed by atoms with Gasteiger partial charge in [0.25, 0.3) is 5.89 Å². The van der Waals surface area contributed by atoms with Gasteiger partial charge >= 0.3 is 0 Å². The zero-order valence-electron chi connectivity index (χ0n) is 16.2. The Labute approximate surface area is 163 Å². The summed E-state index contributed by atoms with van der Waals surface area (Å²) in [6, 6.07) is 12.3. The van der Waals surface area contributed by atoms with Crippen LogP contribution in [0.25, 0.3) is 22.7 Å². The van der Waals surface area contributed by atoms with E-state index >= 15 is 0 Å². The molecule has 6 nitrogen and oxygen atoms in total. The molecule has 1 aliphatic rings. The third-order valence-electron chi connectivity index (χ3n) is 5.53. The summed E-state index contributed by atoms with van der Waals surface area (Å²) in [4.78, 5) is 15.6. The van der Waals surface area contributed by atoms with Crippen molar-refractivity contribution in [2.75, 3.05) is 6.54 Å². The minimum absolute atomic E-state index is 0.270. The maximum atomic E-state index is 5.89. The summed E-state index contributed by atoms with van der Waals surface area (Å²) in [5, 5.41) is 0. The fourth-order valence-corrected chi connectivity index (χ4v) is 4.04. The molecular formula is C22H24N4O2. The zero-order valence-corrected chi connectivity index (χ0v) is 16.2. The van der Waals surface area contributed by atoms with Gasteiger partial charge in [0.05, 0.1) is 22.8 Å². The number of nitrogens with zero attached hydrogens (tertiary/aromatic N) is 3. The van der Waals surface area contributed by atoms with Gasteiger partial charge in [-0.1, -0.05) is 18.6 Å². The molecule has 144 valence electrons. The van der Waals surface area contributed by atoms with Crippen molar-refractivity contribution in [3.05, 3.63) is 59.4 Å². The maximum Gasteiger partial charge on any atom is 0.263 e. The lowest BCUT2D eigenvalue weighted by Crippen LogP contribution is -2.33. The van der Waals surface area contributed by atoms with E-state index in [0.29, 0.717) is 11.7 Å². The number of aromatic nitrogens is 3. The molecule has 0 spiro atoms. The van der Waals surface area contributed by atoms with Crippen LogP contribution in [0.5, 0.6) is 0 Å². The molecule has 1 fully saturated rings. The van der Waals surface area contributed by atoms with Crippen LogP contribution in [0.4, 0.5) is 0 Å². The molecule has 0 unspecified atom stereocenters. The number of para-hydroxylation sites is 2. The fraction of sp³-hybridized carbons (Fsp3) is 0.364. The number of piperidine rings is 1. The van der Waals surface area contributed by atoms with Gasteiger partial charge in [0.1, 0.15) is 17.3 Å². The second-order valence-electron chi connectivity index (χ2n) is 7.55. The molecule has 0 aliphatic carbocycles. The second-order valence-corrected chi connectivity index (χ2v) is 7.55. The number of imidazole rings is 1. The van der Waals surface area contributed by atoms with Crippen molar-refractivity contribution in [3.63, 3.8) is 0 Å². The van der Waals surface area contributed by atoms with Crippen molar-refractivity contribution in [2.45, 2.75) is 45.7 Å². The molecule has 1 saturated heterocycles. The van der Waals surface area contributed by atoms with Gasteiger partial charge in [-0.15, -0.1) is 0 Å². The smallest absolute Gasteiger partial charge is 0.263 e. The van der Waals surface area contributed by atoms with Gasteiger partial charge in [0, 0.05) is 6.54 Å². The zero-order chi connectivity index (χ0) is 19.1. The van der Waals surface area contributed by atoms with Crippen molar-refractivity contribution >= 4 is 11.0 Å². The molecule has 1 atom stereocenters. The molecule has 6 heteroatoms. The lowest BCUT2D eigenvalue weighted by Gasteiger charge is -2.33. The Morgan fingerprint density at radius 1 is 1.07 bits per heavy atom. The SMILES string of the molecule is Cc1ccc(-c2nc(CN3CCCC[C@H]3c3nc4ccccc4[nH]3)c(C)o2)o1. The first kappa shape index (κ1) is 17.3. The van der Waals surface area contributed by atoms with Crippen LogP contribution in [0, 0.1) is 13.8 Å². The molecule has 0 radical (unpaired) electrons. The Kier molecular flexibility index (Phi) is 4.28. The van der Waals surface area contributed by atoms with Crippen LogP contribution in [0.1, 0.15) is 48.3 Å². The normalized spacial score (nSPS) is 18.1. The Hall–Kier alpha value is -2.86. The third kappa shape index (κ3) is 3.14. The highest BCUT2D eigenvalue weighted by molar-refractivity contribution is 5.74. The number of hydrogen-bond donors (Lipinski definition) is 1. The van der Waals surface area contributed by atoms with E-state index in [4.69, 9.17) is 18.8 Å². The number of rotatable bonds is 4. The Morgan fingerprint density at radius 3 is 2.79 bits per heavy atom. The van der Waals surface area contributed by atoms with E-state index in [1.165, 1.54) is 12.8 Å². The summed E-state index contributed by atoms with van der Waals surface area (Å²) in [6.07, 6.45) is 3.51. The minimum atomic E-state index is 0.270. The quantitative estimate of drug-likeness (QED) is 0.533. The summed E-state index contributed by atoms with van der Waals surface area (Å²) >= 11 is 0. The van der Waals surface area contributed by atoms with Crippen LogP contribution < -0.4 is 0 Å². The van der Waals surface area contributed by atoms with Gasteiger partial charge in [-0.3, -0.25) is 4.90 Å².